The third-order valence-corrected chi connectivity index (χ3v) is 8.96. The molecule has 1 amide bonds. The first kappa shape index (κ1) is 27.5. The lowest BCUT2D eigenvalue weighted by Gasteiger charge is -2.19. The number of sulfone groups is 1. The molecule has 210 valence electrons. The van der Waals surface area contributed by atoms with Gasteiger partial charge in [0.15, 0.2) is 15.6 Å². The number of para-hydroxylation sites is 1. The minimum absolute atomic E-state index is 0.0617. The van der Waals surface area contributed by atoms with E-state index in [4.69, 9.17) is 4.74 Å². The molecule has 9 nitrogen and oxygen atoms in total. The monoisotopic (exact) mass is 562 g/mol. The predicted molar refractivity (Wildman–Crippen MR) is 157 cm³/mol. The van der Waals surface area contributed by atoms with Crippen molar-refractivity contribution >= 4 is 32.3 Å². The number of ether oxygens (including phenoxy) is 1. The van der Waals surface area contributed by atoms with Crippen molar-refractivity contribution in [3.63, 3.8) is 0 Å². The van der Waals surface area contributed by atoms with Gasteiger partial charge in [0.2, 0.25) is 0 Å². The Morgan fingerprint density at radius 1 is 1.12 bits per heavy atom. The number of nitrogens with zero attached hydrogens (tertiary/aromatic N) is 1. The highest BCUT2D eigenvalue weighted by molar-refractivity contribution is 7.91. The summed E-state index contributed by atoms with van der Waals surface area (Å²) in [4.78, 5) is 28.8. The average molecular weight is 563 g/mol. The Morgan fingerprint density at radius 2 is 1.90 bits per heavy atom. The van der Waals surface area contributed by atoms with Crippen molar-refractivity contribution < 1.29 is 17.9 Å². The fourth-order valence-corrected chi connectivity index (χ4v) is 5.61. The van der Waals surface area contributed by atoms with Crippen LogP contribution in [-0.4, -0.2) is 42.7 Å². The normalized spacial score (nSPS) is 13.4. The van der Waals surface area contributed by atoms with Crippen molar-refractivity contribution in [3.05, 3.63) is 70.3 Å². The number of aromatic amines is 1. The van der Waals surface area contributed by atoms with Crippen LogP contribution in [-0.2, 0) is 16.9 Å². The van der Waals surface area contributed by atoms with Crippen molar-refractivity contribution in [2.75, 3.05) is 24.2 Å². The first-order valence-corrected chi connectivity index (χ1v) is 15.2. The Morgan fingerprint density at radius 3 is 2.60 bits per heavy atom. The number of carbonyl (C=O) groups is 1. The first-order valence-electron chi connectivity index (χ1n) is 13.5. The van der Waals surface area contributed by atoms with Crippen LogP contribution in [0, 0.1) is 12.8 Å². The lowest BCUT2D eigenvalue weighted by molar-refractivity contribution is 0.0951. The number of amides is 1. The van der Waals surface area contributed by atoms with Crippen LogP contribution in [0.25, 0.3) is 22.0 Å². The van der Waals surface area contributed by atoms with Crippen LogP contribution in [0.15, 0.2) is 58.4 Å². The number of aryl methyl sites for hydroxylation is 2. The SMILES string of the molecule is CCNC(=O)c1cc2c(-c3cc(S(=O)(=O)CC)ccc3Oc3c(C)cccc3NCC3CC3)cn(C)c(=O)c2[nH]1. The van der Waals surface area contributed by atoms with E-state index in [1.54, 1.807) is 44.4 Å². The van der Waals surface area contributed by atoms with Crippen molar-refractivity contribution in [1.82, 2.24) is 14.9 Å². The van der Waals surface area contributed by atoms with Crippen LogP contribution in [0.5, 0.6) is 11.5 Å². The van der Waals surface area contributed by atoms with Gasteiger partial charge in [-0.3, -0.25) is 9.59 Å². The van der Waals surface area contributed by atoms with E-state index in [0.717, 1.165) is 17.8 Å². The fourth-order valence-electron chi connectivity index (χ4n) is 4.71. The van der Waals surface area contributed by atoms with Crippen LogP contribution in [0.4, 0.5) is 5.69 Å². The van der Waals surface area contributed by atoms with Crippen LogP contribution in [0.1, 0.15) is 42.7 Å². The molecule has 0 atom stereocenters. The summed E-state index contributed by atoms with van der Waals surface area (Å²) in [6.45, 7) is 6.66. The molecular formula is C30H34N4O5S. The summed E-state index contributed by atoms with van der Waals surface area (Å²) in [5, 5.41) is 6.74. The second-order valence-electron chi connectivity index (χ2n) is 10.2. The molecule has 3 N–H and O–H groups in total. The van der Waals surface area contributed by atoms with E-state index >= 15 is 0 Å². The van der Waals surface area contributed by atoms with Gasteiger partial charge in [-0.05, 0) is 68.5 Å². The summed E-state index contributed by atoms with van der Waals surface area (Å²) in [5.74, 6) is 1.34. The number of hydrogen-bond donors (Lipinski definition) is 3. The largest absolute Gasteiger partial charge is 0.454 e. The molecule has 5 rings (SSSR count). The third-order valence-electron chi connectivity index (χ3n) is 7.23. The van der Waals surface area contributed by atoms with E-state index in [1.165, 1.54) is 17.4 Å². The standard InChI is InChI=1S/C30H34N4O5S/c1-5-31-29(35)25-15-22-23(17-34(4)30(36)27(22)33-25)21-14-20(40(37,38)6-2)12-13-26(21)39-28-18(3)8-7-9-24(28)32-16-19-10-11-19/h7-9,12-15,17,19,32-33H,5-6,10-11,16H2,1-4H3,(H,31,35). The Labute approximate surface area is 233 Å². The van der Waals surface area contributed by atoms with Crippen molar-refractivity contribution in [1.29, 1.82) is 0 Å². The maximum Gasteiger partial charge on any atom is 0.274 e. The number of aromatic nitrogens is 2. The summed E-state index contributed by atoms with van der Waals surface area (Å²) < 4.78 is 33.8. The zero-order valence-corrected chi connectivity index (χ0v) is 23.9. The Balaban J connectivity index is 1.71. The van der Waals surface area contributed by atoms with Gasteiger partial charge in [0.25, 0.3) is 11.5 Å². The molecule has 2 aromatic carbocycles. The smallest absolute Gasteiger partial charge is 0.274 e. The molecule has 1 aliphatic carbocycles. The molecule has 2 aromatic heterocycles. The van der Waals surface area contributed by atoms with Gasteiger partial charge in [-0.2, -0.15) is 0 Å². The molecule has 1 fully saturated rings. The molecule has 0 saturated heterocycles. The van der Waals surface area contributed by atoms with E-state index in [1.807, 2.05) is 32.0 Å². The van der Waals surface area contributed by atoms with Crippen molar-refractivity contribution in [3.8, 4) is 22.6 Å². The highest BCUT2D eigenvalue weighted by Gasteiger charge is 2.24. The average Bonchev–Trinajstić information content (AvgIpc) is 3.66. The summed E-state index contributed by atoms with van der Waals surface area (Å²) >= 11 is 0. The van der Waals surface area contributed by atoms with Gasteiger partial charge >= 0.3 is 0 Å². The predicted octanol–water partition coefficient (Wildman–Crippen LogP) is 5.00. The van der Waals surface area contributed by atoms with Gasteiger partial charge in [0.05, 0.1) is 16.3 Å². The molecule has 0 aliphatic heterocycles. The molecular weight excluding hydrogens is 528 g/mol. The Hall–Kier alpha value is -4.05. The van der Waals surface area contributed by atoms with E-state index in [2.05, 4.69) is 15.6 Å². The quantitative estimate of drug-likeness (QED) is 0.250. The molecule has 40 heavy (non-hydrogen) atoms. The number of fused-ring (bicyclic) bond motifs is 1. The molecule has 2 heterocycles. The van der Waals surface area contributed by atoms with Gasteiger partial charge in [0, 0.05) is 42.8 Å². The Kier molecular flexibility index (Phi) is 7.46. The summed E-state index contributed by atoms with van der Waals surface area (Å²) in [5.41, 5.74) is 3.02. The molecule has 0 unspecified atom stereocenters. The van der Waals surface area contributed by atoms with E-state index in [-0.39, 0.29) is 33.3 Å². The lowest BCUT2D eigenvalue weighted by Crippen LogP contribution is -2.23. The van der Waals surface area contributed by atoms with E-state index in [9.17, 15) is 18.0 Å². The van der Waals surface area contributed by atoms with Crippen LogP contribution in [0.3, 0.4) is 0 Å². The zero-order chi connectivity index (χ0) is 28.6. The molecule has 4 aromatic rings. The van der Waals surface area contributed by atoms with E-state index in [0.29, 0.717) is 40.5 Å². The summed E-state index contributed by atoms with van der Waals surface area (Å²) in [6, 6.07) is 12.3. The van der Waals surface area contributed by atoms with Gasteiger partial charge < -0.3 is 24.9 Å². The van der Waals surface area contributed by atoms with Gasteiger partial charge in [0.1, 0.15) is 17.0 Å². The molecule has 0 bridgehead atoms. The van der Waals surface area contributed by atoms with Crippen LogP contribution in [0.2, 0.25) is 0 Å². The minimum atomic E-state index is -3.54. The summed E-state index contributed by atoms with van der Waals surface area (Å²) in [6.07, 6.45) is 4.07. The van der Waals surface area contributed by atoms with Crippen molar-refractivity contribution in [2.24, 2.45) is 13.0 Å². The fraction of sp³-hybridized carbons (Fsp3) is 0.333. The summed E-state index contributed by atoms with van der Waals surface area (Å²) in [7, 11) is -1.92. The highest BCUT2D eigenvalue weighted by atomic mass is 32.2. The van der Waals surface area contributed by atoms with Crippen molar-refractivity contribution in [2.45, 2.75) is 38.5 Å². The number of benzene rings is 2. The van der Waals surface area contributed by atoms with Gasteiger partial charge in [-0.1, -0.05) is 19.1 Å². The number of H-pyrrole nitrogens is 1. The molecule has 0 spiro atoms. The third kappa shape index (κ3) is 5.36. The number of nitrogens with one attached hydrogen (secondary N) is 3. The topological polar surface area (TPSA) is 122 Å². The maximum atomic E-state index is 13.0. The number of pyridine rings is 1. The number of carbonyl (C=O) groups excluding carboxylic acids is 1. The minimum Gasteiger partial charge on any atom is -0.454 e. The second-order valence-corrected chi connectivity index (χ2v) is 12.5. The zero-order valence-electron chi connectivity index (χ0n) is 23.1. The lowest BCUT2D eigenvalue weighted by atomic mass is 10.0. The first-order chi connectivity index (χ1) is 19.1. The van der Waals surface area contributed by atoms with E-state index < -0.39 is 9.84 Å². The molecule has 10 heteroatoms. The number of hydrogen-bond acceptors (Lipinski definition) is 6. The molecule has 0 radical (unpaired) electrons. The Bertz CT molecular complexity index is 1770. The van der Waals surface area contributed by atoms with Crippen LogP contribution >= 0.6 is 0 Å². The second kappa shape index (κ2) is 10.8. The molecule has 1 aliphatic rings. The number of anilines is 1. The molecule has 1 saturated carbocycles. The maximum absolute atomic E-state index is 13.0. The highest BCUT2D eigenvalue weighted by Crippen LogP contribution is 2.41. The van der Waals surface area contributed by atoms with Crippen LogP contribution < -0.4 is 20.9 Å². The number of rotatable bonds is 10. The van der Waals surface area contributed by atoms with Gasteiger partial charge in [-0.15, -0.1) is 0 Å². The van der Waals surface area contributed by atoms with Gasteiger partial charge in [-0.25, -0.2) is 8.42 Å².